The molecule has 0 aliphatic rings. The zero-order valence-electron chi connectivity index (χ0n) is 17.6. The number of nitrogens with one attached hydrogen (secondary N) is 2. The minimum Gasteiger partial charge on any atom is -0.377 e. The average Bonchev–Trinajstić information content (AvgIpc) is 2.80. The maximum absolute atomic E-state index is 14.3. The Balaban J connectivity index is 1.69. The third-order valence-electron chi connectivity index (χ3n) is 5.42. The van der Waals surface area contributed by atoms with Crippen LogP contribution in [0.1, 0.15) is 31.0 Å². The highest BCUT2D eigenvalue weighted by Crippen LogP contribution is 2.35. The van der Waals surface area contributed by atoms with Gasteiger partial charge in [0, 0.05) is 23.7 Å². The molecule has 1 atom stereocenters. The van der Waals surface area contributed by atoms with Crippen LogP contribution in [0.5, 0.6) is 0 Å². The van der Waals surface area contributed by atoms with Gasteiger partial charge in [0.1, 0.15) is 5.82 Å². The van der Waals surface area contributed by atoms with Crippen LogP contribution in [0, 0.1) is 5.82 Å². The van der Waals surface area contributed by atoms with Crippen molar-refractivity contribution < 1.29 is 4.39 Å². The molecule has 0 amide bonds. The summed E-state index contributed by atoms with van der Waals surface area (Å²) in [4.78, 5) is 4.47. The van der Waals surface area contributed by atoms with Crippen LogP contribution in [-0.4, -0.2) is 11.5 Å². The van der Waals surface area contributed by atoms with Gasteiger partial charge in [-0.25, -0.2) is 4.39 Å². The van der Waals surface area contributed by atoms with Gasteiger partial charge in [-0.15, -0.1) is 0 Å². The summed E-state index contributed by atoms with van der Waals surface area (Å²) in [5.74, 6) is -0.240. The molecule has 1 aromatic heterocycles. The number of fused-ring (bicyclic) bond motifs is 1. The van der Waals surface area contributed by atoms with Crippen LogP contribution in [0.25, 0.3) is 22.0 Å². The number of nitrogens with zero attached hydrogens (tertiary/aromatic N) is 1. The van der Waals surface area contributed by atoms with Crippen molar-refractivity contribution >= 4 is 28.2 Å². The molecular formula is C26H25ClFN3. The summed E-state index contributed by atoms with van der Waals surface area (Å²) in [5.41, 5.74) is 5.63. The van der Waals surface area contributed by atoms with E-state index >= 15 is 0 Å². The molecule has 4 aromatic rings. The second-order valence-corrected chi connectivity index (χ2v) is 7.99. The van der Waals surface area contributed by atoms with E-state index in [4.69, 9.17) is 11.6 Å². The topological polar surface area (TPSA) is 37.0 Å². The highest BCUT2D eigenvalue weighted by molar-refractivity contribution is 6.34. The van der Waals surface area contributed by atoms with E-state index < -0.39 is 0 Å². The number of anilines is 1. The molecule has 0 spiro atoms. The first-order valence-corrected chi connectivity index (χ1v) is 10.8. The van der Waals surface area contributed by atoms with Crippen LogP contribution in [0.2, 0.25) is 5.02 Å². The summed E-state index contributed by atoms with van der Waals surface area (Å²) in [7, 11) is 0. The predicted octanol–water partition coefficient (Wildman–Crippen LogP) is 6.98. The number of hydrogen-bond donors (Lipinski definition) is 2. The summed E-state index contributed by atoms with van der Waals surface area (Å²) in [6.45, 7) is 5.83. The van der Waals surface area contributed by atoms with Crippen molar-refractivity contribution in [3.05, 3.63) is 94.9 Å². The lowest BCUT2D eigenvalue weighted by molar-refractivity contribution is 0.600. The molecule has 0 radical (unpaired) electrons. The van der Waals surface area contributed by atoms with Crippen LogP contribution in [0.3, 0.4) is 0 Å². The molecule has 0 aliphatic heterocycles. The van der Waals surface area contributed by atoms with E-state index in [0.29, 0.717) is 10.6 Å². The van der Waals surface area contributed by atoms with Crippen molar-refractivity contribution in [3.8, 4) is 11.1 Å². The molecule has 0 bridgehead atoms. The van der Waals surface area contributed by atoms with Gasteiger partial charge >= 0.3 is 0 Å². The molecule has 0 aliphatic carbocycles. The quantitative estimate of drug-likeness (QED) is 0.330. The molecule has 4 rings (SSSR count). The molecule has 0 saturated carbocycles. The zero-order valence-corrected chi connectivity index (χ0v) is 18.4. The van der Waals surface area contributed by atoms with Gasteiger partial charge in [0.05, 0.1) is 22.3 Å². The first kappa shape index (κ1) is 21.3. The summed E-state index contributed by atoms with van der Waals surface area (Å²) in [5, 5.41) is 8.16. The lowest BCUT2D eigenvalue weighted by Gasteiger charge is -2.19. The first-order valence-electron chi connectivity index (χ1n) is 10.5. The molecular weight excluding hydrogens is 409 g/mol. The molecule has 1 unspecified atom stereocenters. The molecule has 31 heavy (non-hydrogen) atoms. The summed E-state index contributed by atoms with van der Waals surface area (Å²) < 4.78 is 14.3. The van der Waals surface area contributed by atoms with Crippen LogP contribution in [0.15, 0.2) is 72.9 Å². The van der Waals surface area contributed by atoms with E-state index in [-0.39, 0.29) is 11.9 Å². The van der Waals surface area contributed by atoms with Crippen molar-refractivity contribution in [1.82, 2.24) is 10.3 Å². The summed E-state index contributed by atoms with van der Waals surface area (Å²) in [6, 6.07) is 21.2. The fraction of sp³-hybridized carbons (Fsp3) is 0.192. The van der Waals surface area contributed by atoms with E-state index in [9.17, 15) is 4.39 Å². The number of halogens is 2. The maximum Gasteiger partial charge on any atom is 0.128 e. The van der Waals surface area contributed by atoms with Crippen LogP contribution >= 0.6 is 11.6 Å². The van der Waals surface area contributed by atoms with Gasteiger partial charge in [-0.2, -0.15) is 0 Å². The van der Waals surface area contributed by atoms with Crippen LogP contribution < -0.4 is 10.6 Å². The third kappa shape index (κ3) is 4.71. The third-order valence-corrected chi connectivity index (χ3v) is 5.71. The van der Waals surface area contributed by atoms with Gasteiger partial charge < -0.3 is 10.6 Å². The minimum absolute atomic E-state index is 0.240. The number of rotatable bonds is 7. The largest absolute Gasteiger partial charge is 0.377 e. The number of aromatic nitrogens is 1. The van der Waals surface area contributed by atoms with Gasteiger partial charge in [-0.05, 0) is 48.4 Å². The summed E-state index contributed by atoms with van der Waals surface area (Å²) in [6.07, 6.45) is 1.63. The smallest absolute Gasteiger partial charge is 0.128 e. The zero-order chi connectivity index (χ0) is 21.8. The SMILES string of the molecule is CCNCc1ccc(-c2ccc3ncc(Cl)c(NC(C)c4ccccc4F)c3c2)cc1. The molecule has 3 aromatic carbocycles. The number of benzene rings is 3. The molecule has 0 fully saturated rings. The molecule has 5 heteroatoms. The van der Waals surface area contributed by atoms with Crippen LogP contribution in [0.4, 0.5) is 10.1 Å². The Morgan fingerprint density at radius 3 is 2.48 bits per heavy atom. The Kier molecular flexibility index (Phi) is 6.50. The lowest BCUT2D eigenvalue weighted by atomic mass is 10.0. The second-order valence-electron chi connectivity index (χ2n) is 7.58. The second kappa shape index (κ2) is 9.46. The van der Waals surface area contributed by atoms with Gasteiger partial charge in [0.25, 0.3) is 0 Å². The monoisotopic (exact) mass is 433 g/mol. The van der Waals surface area contributed by atoms with Crippen molar-refractivity contribution in [1.29, 1.82) is 0 Å². The number of hydrogen-bond acceptors (Lipinski definition) is 3. The van der Waals surface area contributed by atoms with Crippen molar-refractivity contribution in [2.24, 2.45) is 0 Å². The van der Waals surface area contributed by atoms with Gasteiger partial charge in [0.2, 0.25) is 0 Å². The highest BCUT2D eigenvalue weighted by Gasteiger charge is 2.15. The normalized spacial score (nSPS) is 12.1. The highest BCUT2D eigenvalue weighted by atomic mass is 35.5. The fourth-order valence-corrected chi connectivity index (χ4v) is 3.90. The van der Waals surface area contributed by atoms with Crippen LogP contribution in [-0.2, 0) is 6.54 Å². The summed E-state index contributed by atoms with van der Waals surface area (Å²) >= 11 is 6.52. The Morgan fingerprint density at radius 1 is 1.00 bits per heavy atom. The average molecular weight is 434 g/mol. The minimum atomic E-state index is -0.252. The van der Waals surface area contributed by atoms with E-state index in [1.165, 1.54) is 11.6 Å². The van der Waals surface area contributed by atoms with Gasteiger partial charge in [-0.3, -0.25) is 4.98 Å². The molecule has 3 nitrogen and oxygen atoms in total. The molecule has 2 N–H and O–H groups in total. The van der Waals surface area contributed by atoms with Gasteiger partial charge in [-0.1, -0.05) is 67.1 Å². The van der Waals surface area contributed by atoms with E-state index in [2.05, 4.69) is 58.9 Å². The van der Waals surface area contributed by atoms with E-state index in [0.717, 1.165) is 40.8 Å². The van der Waals surface area contributed by atoms with Crippen molar-refractivity contribution in [2.75, 3.05) is 11.9 Å². The number of pyridine rings is 1. The molecule has 158 valence electrons. The molecule has 1 heterocycles. The van der Waals surface area contributed by atoms with Crippen molar-refractivity contribution in [3.63, 3.8) is 0 Å². The maximum atomic E-state index is 14.3. The fourth-order valence-electron chi connectivity index (χ4n) is 3.70. The van der Waals surface area contributed by atoms with E-state index in [1.807, 2.05) is 19.1 Å². The predicted molar refractivity (Wildman–Crippen MR) is 128 cm³/mol. The van der Waals surface area contributed by atoms with Gasteiger partial charge in [0.15, 0.2) is 0 Å². The Bertz CT molecular complexity index is 1190. The first-order chi connectivity index (χ1) is 15.1. The Morgan fingerprint density at radius 2 is 1.74 bits per heavy atom. The standard InChI is InChI=1S/C26H25ClFN3/c1-3-29-15-18-8-10-19(11-9-18)20-12-13-25-22(14-20)26(23(27)16-30-25)31-17(2)21-6-4-5-7-24(21)28/h4-14,16-17,29H,3,15H2,1-2H3,(H,30,31). The Labute approximate surface area is 187 Å². The Hall–Kier alpha value is -2.95. The van der Waals surface area contributed by atoms with Crippen molar-refractivity contribution in [2.45, 2.75) is 26.4 Å². The molecule has 0 saturated heterocycles. The lowest BCUT2D eigenvalue weighted by Crippen LogP contribution is -2.11. The van der Waals surface area contributed by atoms with E-state index in [1.54, 1.807) is 18.3 Å².